The van der Waals surface area contributed by atoms with E-state index in [1.165, 1.54) is 30.5 Å². The molecule has 11 heteroatoms. The first-order chi connectivity index (χ1) is 18.3. The fourth-order valence-corrected chi connectivity index (χ4v) is 5.19. The molecule has 1 aromatic carbocycles. The average Bonchev–Trinajstić information content (AvgIpc) is 3.45. The van der Waals surface area contributed by atoms with Gasteiger partial charge in [-0.1, -0.05) is 19.3 Å². The molecule has 1 saturated heterocycles. The third-order valence-corrected chi connectivity index (χ3v) is 7.35. The zero-order valence-electron chi connectivity index (χ0n) is 21.1. The van der Waals surface area contributed by atoms with E-state index >= 15 is 0 Å². The maximum absolute atomic E-state index is 14.0. The van der Waals surface area contributed by atoms with Gasteiger partial charge in [-0.05, 0) is 56.0 Å². The van der Waals surface area contributed by atoms with Gasteiger partial charge in [0.15, 0.2) is 11.5 Å². The number of nitrogens with one attached hydrogen (secondary N) is 3. The van der Waals surface area contributed by atoms with E-state index in [0.29, 0.717) is 43.8 Å². The van der Waals surface area contributed by atoms with Crippen LogP contribution in [-0.2, 0) is 14.4 Å². The zero-order chi connectivity index (χ0) is 27.1. The summed E-state index contributed by atoms with van der Waals surface area (Å²) in [4.78, 5) is 53.3. The molecule has 0 bridgehead atoms. The molecule has 2 aliphatic rings. The molecule has 1 unspecified atom stereocenters. The topological polar surface area (TPSA) is 121 Å². The fraction of sp³-hybridized carbons (Fsp3) is 0.481. The molecule has 2 heterocycles. The molecule has 204 valence electrons. The van der Waals surface area contributed by atoms with Crippen LogP contribution in [-0.4, -0.2) is 54.1 Å². The van der Waals surface area contributed by atoms with Crippen molar-refractivity contribution in [2.24, 2.45) is 0 Å². The molecule has 1 aliphatic carbocycles. The number of furan rings is 1. The average molecular weight is 547 g/mol. The van der Waals surface area contributed by atoms with Crippen LogP contribution in [0.1, 0.15) is 61.9 Å². The number of hydrogen-bond donors (Lipinski definition) is 3. The number of benzene rings is 1. The van der Waals surface area contributed by atoms with Crippen LogP contribution in [0.5, 0.6) is 0 Å². The molecule has 2 aromatic rings. The lowest BCUT2D eigenvalue weighted by Crippen LogP contribution is -2.63. The summed E-state index contributed by atoms with van der Waals surface area (Å²) in [5.74, 6) is -1.40. The molecule has 2 fully saturated rings. The third kappa shape index (κ3) is 6.53. The van der Waals surface area contributed by atoms with Crippen molar-refractivity contribution in [2.75, 3.05) is 29.2 Å². The van der Waals surface area contributed by atoms with Crippen molar-refractivity contribution in [1.82, 2.24) is 10.6 Å². The molecular formula is C27H32ClFN4O5. The van der Waals surface area contributed by atoms with Crippen molar-refractivity contribution in [2.45, 2.75) is 62.9 Å². The predicted molar refractivity (Wildman–Crippen MR) is 141 cm³/mol. The number of halogens is 2. The Morgan fingerprint density at radius 3 is 2.63 bits per heavy atom. The van der Waals surface area contributed by atoms with E-state index in [1.807, 2.05) is 0 Å². The van der Waals surface area contributed by atoms with Gasteiger partial charge in [-0.15, -0.1) is 11.6 Å². The number of alkyl halides is 1. The van der Waals surface area contributed by atoms with Crippen LogP contribution in [0.15, 0.2) is 41.0 Å². The van der Waals surface area contributed by atoms with Crippen LogP contribution < -0.4 is 20.9 Å². The number of hydrogen-bond acceptors (Lipinski definition) is 6. The van der Waals surface area contributed by atoms with Gasteiger partial charge in [0.25, 0.3) is 5.91 Å². The standard InChI is InChI=1S/C27H32ClFN4O5/c28-13-4-7-24(35)30-20-16-18(29)8-9-21(20)33-14-10-19(22(34)17-33)31-26(37)27(11-2-1-3-12-27)32-25(36)23-6-5-15-38-23/h5-6,8-9,15-16,19H,1-4,7,10-14,17H2,(H,30,35)(H,31,37)(H,32,36). The molecular weight excluding hydrogens is 515 g/mol. The molecule has 4 rings (SSSR count). The van der Waals surface area contributed by atoms with Crippen molar-refractivity contribution in [3.8, 4) is 0 Å². The van der Waals surface area contributed by atoms with Crippen molar-refractivity contribution in [3.63, 3.8) is 0 Å². The minimum Gasteiger partial charge on any atom is -0.459 e. The van der Waals surface area contributed by atoms with Crippen LogP contribution >= 0.6 is 11.6 Å². The fourth-order valence-electron chi connectivity index (χ4n) is 5.05. The second kappa shape index (κ2) is 12.4. The Kier molecular flexibility index (Phi) is 9.04. The van der Waals surface area contributed by atoms with Gasteiger partial charge in [0.1, 0.15) is 11.4 Å². The van der Waals surface area contributed by atoms with Gasteiger partial charge in [-0.3, -0.25) is 19.2 Å². The van der Waals surface area contributed by atoms with E-state index < -0.39 is 23.3 Å². The Morgan fingerprint density at radius 2 is 1.95 bits per heavy atom. The number of anilines is 2. The number of rotatable bonds is 9. The maximum Gasteiger partial charge on any atom is 0.287 e. The van der Waals surface area contributed by atoms with Crippen molar-refractivity contribution in [1.29, 1.82) is 0 Å². The van der Waals surface area contributed by atoms with E-state index in [-0.39, 0.29) is 42.0 Å². The van der Waals surface area contributed by atoms with E-state index in [2.05, 4.69) is 16.0 Å². The second-order valence-corrected chi connectivity index (χ2v) is 10.2. The summed E-state index contributed by atoms with van der Waals surface area (Å²) in [7, 11) is 0. The minimum atomic E-state index is -1.11. The van der Waals surface area contributed by atoms with Crippen LogP contribution in [0.4, 0.5) is 15.8 Å². The molecule has 1 atom stereocenters. The summed E-state index contributed by atoms with van der Waals surface area (Å²) < 4.78 is 19.1. The highest BCUT2D eigenvalue weighted by molar-refractivity contribution is 6.18. The van der Waals surface area contributed by atoms with Gasteiger partial charge in [0.2, 0.25) is 11.8 Å². The first kappa shape index (κ1) is 27.6. The Balaban J connectivity index is 1.42. The molecule has 1 aromatic heterocycles. The highest BCUT2D eigenvalue weighted by atomic mass is 35.5. The number of ketones is 1. The van der Waals surface area contributed by atoms with Gasteiger partial charge in [-0.25, -0.2) is 4.39 Å². The van der Waals surface area contributed by atoms with Gasteiger partial charge in [-0.2, -0.15) is 0 Å². The predicted octanol–water partition coefficient (Wildman–Crippen LogP) is 3.77. The quantitative estimate of drug-likeness (QED) is 0.412. The Hall–Kier alpha value is -3.40. The summed E-state index contributed by atoms with van der Waals surface area (Å²) in [6, 6.07) is 6.44. The van der Waals surface area contributed by atoms with Crippen molar-refractivity contribution < 1.29 is 28.0 Å². The van der Waals surface area contributed by atoms with Crippen molar-refractivity contribution >= 4 is 46.5 Å². The number of carbonyl (C=O) groups is 4. The summed E-state index contributed by atoms with van der Waals surface area (Å²) in [5, 5.41) is 8.46. The summed E-state index contributed by atoms with van der Waals surface area (Å²) >= 11 is 5.66. The number of carbonyl (C=O) groups excluding carboxylic acids is 4. The number of amides is 3. The second-order valence-electron chi connectivity index (χ2n) is 9.78. The lowest BCUT2D eigenvalue weighted by atomic mass is 9.80. The zero-order valence-corrected chi connectivity index (χ0v) is 21.8. The molecule has 9 nitrogen and oxygen atoms in total. The monoisotopic (exact) mass is 546 g/mol. The molecule has 3 amide bonds. The van der Waals surface area contributed by atoms with Crippen molar-refractivity contribution in [3.05, 3.63) is 48.2 Å². The smallest absolute Gasteiger partial charge is 0.287 e. The first-order valence-corrected chi connectivity index (χ1v) is 13.4. The van der Waals surface area contributed by atoms with Gasteiger partial charge < -0.3 is 25.3 Å². The van der Waals surface area contributed by atoms with Crippen LogP contribution in [0.2, 0.25) is 0 Å². The number of piperidine rings is 1. The molecule has 0 spiro atoms. The number of nitrogens with zero attached hydrogens (tertiary/aromatic N) is 1. The van der Waals surface area contributed by atoms with Gasteiger partial charge >= 0.3 is 0 Å². The van der Waals surface area contributed by atoms with Gasteiger partial charge in [0.05, 0.1) is 30.2 Å². The molecule has 0 radical (unpaired) electrons. The number of Topliss-reactive ketones (excluding diaryl/α,β-unsaturated/α-hetero) is 1. The summed E-state index contributed by atoms with van der Waals surface area (Å²) in [6.45, 7) is 0.380. The van der Waals surface area contributed by atoms with E-state index in [0.717, 1.165) is 19.3 Å². The molecule has 38 heavy (non-hydrogen) atoms. The van der Waals surface area contributed by atoms with E-state index in [4.69, 9.17) is 16.0 Å². The Labute approximate surface area is 225 Å². The van der Waals surface area contributed by atoms with E-state index in [1.54, 1.807) is 11.0 Å². The SMILES string of the molecule is O=C(CCCCl)Nc1cc(F)ccc1N1CCC(NC(=O)C2(NC(=O)c3ccco3)CCCCC2)C(=O)C1. The first-order valence-electron chi connectivity index (χ1n) is 12.9. The Bertz CT molecular complexity index is 1170. The van der Waals surface area contributed by atoms with Crippen LogP contribution in [0.25, 0.3) is 0 Å². The molecule has 1 saturated carbocycles. The summed E-state index contributed by atoms with van der Waals surface area (Å²) in [6.07, 6.45) is 5.88. The normalized spacial score (nSPS) is 19.1. The Morgan fingerprint density at radius 1 is 1.16 bits per heavy atom. The van der Waals surface area contributed by atoms with Crippen LogP contribution in [0, 0.1) is 5.82 Å². The lowest BCUT2D eigenvalue weighted by molar-refractivity contribution is -0.133. The van der Waals surface area contributed by atoms with E-state index in [9.17, 15) is 23.6 Å². The van der Waals surface area contributed by atoms with Crippen LogP contribution in [0.3, 0.4) is 0 Å². The largest absolute Gasteiger partial charge is 0.459 e. The highest BCUT2D eigenvalue weighted by Crippen LogP contribution is 2.31. The maximum atomic E-state index is 14.0. The third-order valence-electron chi connectivity index (χ3n) is 7.08. The van der Waals surface area contributed by atoms with Gasteiger partial charge in [0, 0.05) is 18.8 Å². The molecule has 1 aliphatic heterocycles. The highest BCUT2D eigenvalue weighted by Gasteiger charge is 2.43. The molecule has 3 N–H and O–H groups in total. The summed E-state index contributed by atoms with van der Waals surface area (Å²) in [5.41, 5.74) is -0.309. The lowest BCUT2D eigenvalue weighted by Gasteiger charge is -2.39. The minimum absolute atomic E-state index is 0.0209.